The summed E-state index contributed by atoms with van der Waals surface area (Å²) in [5.74, 6) is 0.377. The van der Waals surface area contributed by atoms with Crippen molar-refractivity contribution in [3.63, 3.8) is 0 Å². The summed E-state index contributed by atoms with van der Waals surface area (Å²) in [4.78, 5) is 19.0. The SMILES string of the molecule is CCCCCN1CCN(CCCN2CCCCC2=O)CC1. The normalized spacial score (nSPS) is 22.0. The van der Waals surface area contributed by atoms with Gasteiger partial charge in [-0.05, 0) is 38.8 Å². The van der Waals surface area contributed by atoms with Gasteiger partial charge in [0.2, 0.25) is 5.91 Å². The van der Waals surface area contributed by atoms with Crippen LogP contribution < -0.4 is 0 Å². The summed E-state index contributed by atoms with van der Waals surface area (Å²) in [5.41, 5.74) is 0. The predicted molar refractivity (Wildman–Crippen MR) is 87.5 cm³/mol. The molecule has 2 rings (SSSR count). The van der Waals surface area contributed by atoms with Gasteiger partial charge < -0.3 is 14.7 Å². The number of hydrogen-bond acceptors (Lipinski definition) is 3. The lowest BCUT2D eigenvalue weighted by atomic mass is 10.1. The summed E-state index contributed by atoms with van der Waals surface area (Å²) in [7, 11) is 0. The van der Waals surface area contributed by atoms with E-state index in [4.69, 9.17) is 0 Å². The number of rotatable bonds is 8. The highest BCUT2D eigenvalue weighted by molar-refractivity contribution is 5.76. The van der Waals surface area contributed by atoms with Crippen molar-refractivity contribution in [2.24, 2.45) is 0 Å². The largest absolute Gasteiger partial charge is 0.343 e. The van der Waals surface area contributed by atoms with Gasteiger partial charge >= 0.3 is 0 Å². The van der Waals surface area contributed by atoms with Gasteiger partial charge in [0.25, 0.3) is 0 Å². The molecule has 21 heavy (non-hydrogen) atoms. The van der Waals surface area contributed by atoms with Gasteiger partial charge in [0.1, 0.15) is 0 Å². The lowest BCUT2D eigenvalue weighted by molar-refractivity contribution is -0.133. The highest BCUT2D eigenvalue weighted by Crippen LogP contribution is 2.11. The van der Waals surface area contributed by atoms with Crippen molar-refractivity contribution >= 4 is 5.91 Å². The fourth-order valence-electron chi connectivity index (χ4n) is 3.41. The molecule has 1 amide bonds. The van der Waals surface area contributed by atoms with Gasteiger partial charge in [0.15, 0.2) is 0 Å². The van der Waals surface area contributed by atoms with E-state index in [-0.39, 0.29) is 0 Å². The summed E-state index contributed by atoms with van der Waals surface area (Å²) in [6.45, 7) is 11.5. The fraction of sp³-hybridized carbons (Fsp3) is 0.941. The first-order chi connectivity index (χ1) is 10.3. The maximum absolute atomic E-state index is 11.8. The quantitative estimate of drug-likeness (QED) is 0.642. The molecule has 122 valence electrons. The molecule has 4 heteroatoms. The van der Waals surface area contributed by atoms with Gasteiger partial charge in [-0.25, -0.2) is 0 Å². The predicted octanol–water partition coefficient (Wildman–Crippen LogP) is 2.20. The van der Waals surface area contributed by atoms with Crippen LogP contribution >= 0.6 is 0 Å². The highest BCUT2D eigenvalue weighted by atomic mass is 16.2. The van der Waals surface area contributed by atoms with Crippen molar-refractivity contribution in [2.75, 3.05) is 52.4 Å². The standard InChI is InChI=1S/C17H33N3O/c1-2-3-5-9-18-13-15-19(16-14-18)10-7-12-20-11-6-4-8-17(20)21/h2-16H2,1H3. The molecule has 2 fully saturated rings. The van der Waals surface area contributed by atoms with E-state index in [1.807, 2.05) is 0 Å². The molecule has 0 atom stereocenters. The first-order valence-electron chi connectivity index (χ1n) is 9.02. The Morgan fingerprint density at radius 1 is 0.810 bits per heavy atom. The molecule has 0 radical (unpaired) electrons. The average Bonchev–Trinajstić information content (AvgIpc) is 2.51. The molecule has 0 aromatic rings. The maximum atomic E-state index is 11.8. The molecule has 2 saturated heterocycles. The van der Waals surface area contributed by atoms with Crippen molar-refractivity contribution in [3.05, 3.63) is 0 Å². The molecule has 0 saturated carbocycles. The van der Waals surface area contributed by atoms with E-state index in [0.29, 0.717) is 5.91 Å². The van der Waals surface area contributed by atoms with E-state index >= 15 is 0 Å². The minimum atomic E-state index is 0.377. The second kappa shape index (κ2) is 9.42. The van der Waals surface area contributed by atoms with Crippen LogP contribution in [-0.2, 0) is 4.79 Å². The summed E-state index contributed by atoms with van der Waals surface area (Å²) in [6, 6.07) is 0. The lowest BCUT2D eigenvalue weighted by Gasteiger charge is -2.35. The Labute approximate surface area is 130 Å². The van der Waals surface area contributed by atoms with Gasteiger partial charge in [-0.2, -0.15) is 0 Å². The van der Waals surface area contributed by atoms with E-state index in [2.05, 4.69) is 21.6 Å². The summed E-state index contributed by atoms with van der Waals surface area (Å²) < 4.78 is 0. The first-order valence-corrected chi connectivity index (χ1v) is 9.02. The summed E-state index contributed by atoms with van der Waals surface area (Å²) >= 11 is 0. The summed E-state index contributed by atoms with van der Waals surface area (Å²) in [5, 5.41) is 0. The van der Waals surface area contributed by atoms with Crippen molar-refractivity contribution in [2.45, 2.75) is 51.9 Å². The van der Waals surface area contributed by atoms with Crippen molar-refractivity contribution in [3.8, 4) is 0 Å². The number of amides is 1. The van der Waals surface area contributed by atoms with Gasteiger partial charge in [-0.15, -0.1) is 0 Å². The minimum Gasteiger partial charge on any atom is -0.343 e. The molecule has 2 heterocycles. The zero-order valence-corrected chi connectivity index (χ0v) is 13.9. The van der Waals surface area contributed by atoms with Gasteiger partial charge in [0.05, 0.1) is 0 Å². The molecule has 2 aliphatic rings. The third-order valence-electron chi connectivity index (χ3n) is 4.87. The van der Waals surface area contributed by atoms with Crippen LogP contribution in [0, 0.1) is 0 Å². The van der Waals surface area contributed by atoms with Crippen LogP contribution in [0.4, 0.5) is 0 Å². The number of likely N-dealkylation sites (tertiary alicyclic amines) is 1. The Balaban J connectivity index is 1.53. The van der Waals surface area contributed by atoms with Crippen LogP contribution in [0.15, 0.2) is 0 Å². The van der Waals surface area contributed by atoms with Crippen LogP contribution in [0.25, 0.3) is 0 Å². The Morgan fingerprint density at radius 2 is 1.48 bits per heavy atom. The molecule has 0 unspecified atom stereocenters. The molecule has 0 aromatic heterocycles. The Morgan fingerprint density at radius 3 is 2.10 bits per heavy atom. The Kier molecular flexibility index (Phi) is 7.51. The number of hydrogen-bond donors (Lipinski definition) is 0. The average molecular weight is 295 g/mol. The van der Waals surface area contributed by atoms with Crippen LogP contribution in [-0.4, -0.2) is 73.0 Å². The van der Waals surface area contributed by atoms with E-state index in [1.165, 1.54) is 58.4 Å². The van der Waals surface area contributed by atoms with Crippen molar-refractivity contribution < 1.29 is 4.79 Å². The lowest BCUT2D eigenvalue weighted by Crippen LogP contribution is -2.47. The maximum Gasteiger partial charge on any atom is 0.222 e. The number of piperazine rings is 1. The van der Waals surface area contributed by atoms with Crippen molar-refractivity contribution in [1.82, 2.24) is 14.7 Å². The molecule has 0 spiro atoms. The van der Waals surface area contributed by atoms with Crippen LogP contribution in [0.2, 0.25) is 0 Å². The van der Waals surface area contributed by atoms with E-state index in [0.717, 1.165) is 38.9 Å². The molecular weight excluding hydrogens is 262 g/mol. The summed E-state index contributed by atoms with van der Waals surface area (Å²) in [6.07, 6.45) is 8.24. The smallest absolute Gasteiger partial charge is 0.222 e. The van der Waals surface area contributed by atoms with Crippen molar-refractivity contribution in [1.29, 1.82) is 0 Å². The molecular formula is C17H33N3O. The Hall–Kier alpha value is -0.610. The topological polar surface area (TPSA) is 26.8 Å². The number of piperidine rings is 1. The third-order valence-corrected chi connectivity index (χ3v) is 4.87. The molecule has 0 aromatic carbocycles. The zero-order chi connectivity index (χ0) is 14.9. The third kappa shape index (κ3) is 5.95. The zero-order valence-electron chi connectivity index (χ0n) is 13.9. The van der Waals surface area contributed by atoms with Crippen LogP contribution in [0.1, 0.15) is 51.9 Å². The number of carbonyl (C=O) groups is 1. The molecule has 0 aliphatic carbocycles. The van der Waals surface area contributed by atoms with E-state index in [1.54, 1.807) is 0 Å². The molecule has 2 aliphatic heterocycles. The van der Waals surface area contributed by atoms with Gasteiger partial charge in [-0.3, -0.25) is 4.79 Å². The molecule has 0 bridgehead atoms. The molecule has 0 N–H and O–H groups in total. The highest BCUT2D eigenvalue weighted by Gasteiger charge is 2.19. The minimum absolute atomic E-state index is 0.377. The molecule has 4 nitrogen and oxygen atoms in total. The fourth-order valence-corrected chi connectivity index (χ4v) is 3.41. The second-order valence-electron chi connectivity index (χ2n) is 6.58. The monoisotopic (exact) mass is 295 g/mol. The Bertz CT molecular complexity index is 300. The van der Waals surface area contributed by atoms with Crippen LogP contribution in [0.3, 0.4) is 0 Å². The van der Waals surface area contributed by atoms with Gasteiger partial charge in [-0.1, -0.05) is 19.8 Å². The number of carbonyl (C=O) groups excluding carboxylic acids is 1. The number of nitrogens with zero attached hydrogens (tertiary/aromatic N) is 3. The number of unbranched alkanes of at least 4 members (excludes halogenated alkanes) is 2. The van der Waals surface area contributed by atoms with Crippen LogP contribution in [0.5, 0.6) is 0 Å². The van der Waals surface area contributed by atoms with E-state index < -0.39 is 0 Å². The van der Waals surface area contributed by atoms with E-state index in [9.17, 15) is 4.79 Å². The second-order valence-corrected chi connectivity index (χ2v) is 6.58. The van der Waals surface area contributed by atoms with Gasteiger partial charge in [0, 0.05) is 45.7 Å². The first kappa shape index (κ1) is 16.8.